The molecule has 1 aliphatic rings. The number of rotatable bonds is 6. The van der Waals surface area contributed by atoms with Gasteiger partial charge in [0.1, 0.15) is 17.7 Å². The number of carbonyl (C=O) groups excluding carboxylic acids is 2. The van der Waals surface area contributed by atoms with Gasteiger partial charge >= 0.3 is 0 Å². The van der Waals surface area contributed by atoms with Crippen LogP contribution in [-0.2, 0) is 4.79 Å². The number of aromatic nitrogens is 2. The van der Waals surface area contributed by atoms with E-state index in [9.17, 15) is 18.4 Å². The Morgan fingerprint density at radius 2 is 1.61 bits per heavy atom. The summed E-state index contributed by atoms with van der Waals surface area (Å²) in [4.78, 5) is 28.1. The van der Waals surface area contributed by atoms with Gasteiger partial charge in [-0.25, -0.2) is 8.78 Å². The molecule has 1 aliphatic carbocycles. The summed E-state index contributed by atoms with van der Waals surface area (Å²) in [6.07, 6.45) is 3.78. The fourth-order valence-electron chi connectivity index (χ4n) is 3.78. The molecule has 1 saturated carbocycles. The Morgan fingerprint density at radius 3 is 2.19 bits per heavy atom. The minimum absolute atomic E-state index is 0.0153. The average molecular weight is 442 g/mol. The summed E-state index contributed by atoms with van der Waals surface area (Å²) >= 11 is 1.01. The minimum Gasteiger partial charge on any atom is -0.351 e. The van der Waals surface area contributed by atoms with Gasteiger partial charge in [0.25, 0.3) is 5.91 Å². The standard InChI is InChI=1S/C22H20F2N4O2S/c23-15-7-5-14(6-8-15)20(21(29)25-17-3-1-2-4-17)28(18-11-9-16(24)10-12-18)22(30)19-13-31-27-26-19/h5-13,17,20H,1-4H2,(H,25,29). The normalized spacial score (nSPS) is 14.9. The van der Waals surface area contributed by atoms with E-state index in [0.29, 0.717) is 11.3 Å². The monoisotopic (exact) mass is 442 g/mol. The number of amides is 2. The van der Waals surface area contributed by atoms with Crippen molar-refractivity contribution in [1.29, 1.82) is 0 Å². The van der Waals surface area contributed by atoms with Crippen LogP contribution in [0.2, 0.25) is 0 Å². The number of nitrogens with zero attached hydrogens (tertiary/aromatic N) is 3. The summed E-state index contributed by atoms with van der Waals surface area (Å²) in [5, 5.41) is 8.35. The highest BCUT2D eigenvalue weighted by Gasteiger charge is 2.35. The summed E-state index contributed by atoms with van der Waals surface area (Å²) in [6, 6.07) is 9.61. The topological polar surface area (TPSA) is 75.2 Å². The molecule has 3 aromatic rings. The fourth-order valence-corrected chi connectivity index (χ4v) is 4.21. The lowest BCUT2D eigenvalue weighted by molar-refractivity contribution is -0.123. The van der Waals surface area contributed by atoms with Crippen molar-refractivity contribution in [1.82, 2.24) is 14.9 Å². The number of hydrogen-bond donors (Lipinski definition) is 1. The molecular weight excluding hydrogens is 422 g/mol. The van der Waals surface area contributed by atoms with Crippen molar-refractivity contribution in [2.45, 2.75) is 37.8 Å². The molecule has 1 unspecified atom stereocenters. The summed E-state index contributed by atoms with van der Waals surface area (Å²) in [7, 11) is 0. The maximum atomic E-state index is 13.6. The Bertz CT molecular complexity index is 1040. The summed E-state index contributed by atoms with van der Waals surface area (Å²) < 4.78 is 30.9. The number of benzene rings is 2. The second-order valence-electron chi connectivity index (χ2n) is 7.39. The van der Waals surface area contributed by atoms with Gasteiger partial charge in [-0.15, -0.1) is 5.10 Å². The van der Waals surface area contributed by atoms with Crippen molar-refractivity contribution in [3.8, 4) is 0 Å². The van der Waals surface area contributed by atoms with Gasteiger partial charge in [-0.3, -0.25) is 14.5 Å². The fraction of sp³-hybridized carbons (Fsp3) is 0.273. The maximum absolute atomic E-state index is 13.6. The number of nitrogens with one attached hydrogen (secondary N) is 1. The van der Waals surface area contributed by atoms with E-state index >= 15 is 0 Å². The van der Waals surface area contributed by atoms with Crippen LogP contribution < -0.4 is 10.2 Å². The molecule has 1 atom stereocenters. The van der Waals surface area contributed by atoms with Crippen LogP contribution in [0.4, 0.5) is 14.5 Å². The third-order valence-corrected chi connectivity index (χ3v) is 5.80. The van der Waals surface area contributed by atoms with Crippen LogP contribution in [0.3, 0.4) is 0 Å². The van der Waals surface area contributed by atoms with Crippen molar-refractivity contribution in [2.24, 2.45) is 0 Å². The molecule has 0 aliphatic heterocycles. The summed E-state index contributed by atoms with van der Waals surface area (Å²) in [6.45, 7) is 0. The van der Waals surface area contributed by atoms with E-state index in [4.69, 9.17) is 0 Å². The SMILES string of the molecule is O=C(NC1CCCC1)C(c1ccc(F)cc1)N(C(=O)c1csnn1)c1ccc(F)cc1. The van der Waals surface area contributed by atoms with E-state index < -0.39 is 23.6 Å². The van der Waals surface area contributed by atoms with E-state index in [1.54, 1.807) is 0 Å². The van der Waals surface area contributed by atoms with Crippen LogP contribution in [0.1, 0.15) is 47.8 Å². The lowest BCUT2D eigenvalue weighted by atomic mass is 10.0. The first kappa shape index (κ1) is 21.0. The minimum atomic E-state index is -1.10. The molecular formula is C22H20F2N4O2S. The molecule has 2 aromatic carbocycles. The Morgan fingerprint density at radius 1 is 1.00 bits per heavy atom. The summed E-state index contributed by atoms with van der Waals surface area (Å²) in [5.41, 5.74) is 0.808. The van der Waals surface area contributed by atoms with Crippen LogP contribution in [0.15, 0.2) is 53.9 Å². The largest absolute Gasteiger partial charge is 0.351 e. The Kier molecular flexibility index (Phi) is 6.31. The third kappa shape index (κ3) is 4.77. The highest BCUT2D eigenvalue weighted by Crippen LogP contribution is 2.31. The zero-order valence-corrected chi connectivity index (χ0v) is 17.3. The van der Waals surface area contributed by atoms with Gasteiger partial charge in [0, 0.05) is 17.1 Å². The van der Waals surface area contributed by atoms with Gasteiger partial charge in [0.2, 0.25) is 5.91 Å². The zero-order valence-electron chi connectivity index (χ0n) is 16.5. The second-order valence-corrected chi connectivity index (χ2v) is 8.00. The second kappa shape index (κ2) is 9.30. The lowest BCUT2D eigenvalue weighted by Gasteiger charge is -2.31. The van der Waals surface area contributed by atoms with Crippen molar-refractivity contribution in [3.05, 3.63) is 76.8 Å². The number of carbonyl (C=O) groups is 2. The van der Waals surface area contributed by atoms with Crippen molar-refractivity contribution in [3.63, 3.8) is 0 Å². The van der Waals surface area contributed by atoms with Crippen LogP contribution in [0.25, 0.3) is 0 Å². The quantitative estimate of drug-likeness (QED) is 0.619. The molecule has 1 heterocycles. The molecule has 1 fully saturated rings. The molecule has 1 N–H and O–H groups in total. The predicted octanol–water partition coefficient (Wildman–Crippen LogP) is 4.26. The molecule has 2 amide bonds. The number of hydrogen-bond acceptors (Lipinski definition) is 5. The predicted molar refractivity (Wildman–Crippen MR) is 113 cm³/mol. The smallest absolute Gasteiger partial charge is 0.280 e. The van der Waals surface area contributed by atoms with E-state index in [2.05, 4.69) is 14.9 Å². The number of halogens is 2. The molecule has 6 nitrogen and oxygen atoms in total. The van der Waals surface area contributed by atoms with Crippen molar-refractivity contribution in [2.75, 3.05) is 4.90 Å². The molecule has 0 bridgehead atoms. The Hall–Kier alpha value is -3.20. The zero-order chi connectivity index (χ0) is 21.8. The Labute approximate surface area is 182 Å². The number of anilines is 1. The van der Waals surface area contributed by atoms with Crippen LogP contribution in [-0.4, -0.2) is 27.4 Å². The van der Waals surface area contributed by atoms with E-state index in [1.165, 1.54) is 58.8 Å². The average Bonchev–Trinajstić information content (AvgIpc) is 3.47. The van der Waals surface area contributed by atoms with Gasteiger partial charge in [-0.05, 0) is 66.3 Å². The van der Waals surface area contributed by atoms with Gasteiger partial charge in [0.05, 0.1) is 0 Å². The van der Waals surface area contributed by atoms with Crippen LogP contribution in [0, 0.1) is 11.6 Å². The molecule has 0 spiro atoms. The molecule has 0 saturated heterocycles. The molecule has 1 aromatic heterocycles. The highest BCUT2D eigenvalue weighted by atomic mass is 32.1. The summed E-state index contributed by atoms with van der Waals surface area (Å²) in [5.74, 6) is -1.88. The van der Waals surface area contributed by atoms with Crippen LogP contribution in [0.5, 0.6) is 0 Å². The van der Waals surface area contributed by atoms with E-state index in [1.807, 2.05) is 0 Å². The Balaban J connectivity index is 1.79. The molecule has 0 radical (unpaired) electrons. The van der Waals surface area contributed by atoms with E-state index in [-0.39, 0.29) is 17.6 Å². The van der Waals surface area contributed by atoms with Crippen LogP contribution >= 0.6 is 11.5 Å². The van der Waals surface area contributed by atoms with Gasteiger partial charge < -0.3 is 5.32 Å². The lowest BCUT2D eigenvalue weighted by Crippen LogP contribution is -2.46. The van der Waals surface area contributed by atoms with Crippen molar-refractivity contribution >= 4 is 29.0 Å². The highest BCUT2D eigenvalue weighted by molar-refractivity contribution is 7.03. The first-order chi connectivity index (χ1) is 15.0. The maximum Gasteiger partial charge on any atom is 0.280 e. The van der Waals surface area contributed by atoms with Crippen molar-refractivity contribution < 1.29 is 18.4 Å². The van der Waals surface area contributed by atoms with E-state index in [0.717, 1.165) is 37.2 Å². The molecule has 4 rings (SSSR count). The molecule has 31 heavy (non-hydrogen) atoms. The molecule has 9 heteroatoms. The third-order valence-electron chi connectivity index (χ3n) is 5.30. The molecule has 160 valence electrons. The van der Waals surface area contributed by atoms with Gasteiger partial charge in [-0.2, -0.15) is 0 Å². The first-order valence-electron chi connectivity index (χ1n) is 9.95. The van der Waals surface area contributed by atoms with Gasteiger partial charge in [0.15, 0.2) is 5.69 Å². The first-order valence-corrected chi connectivity index (χ1v) is 10.8. The van der Waals surface area contributed by atoms with Gasteiger partial charge in [-0.1, -0.05) is 29.5 Å².